The van der Waals surface area contributed by atoms with Gasteiger partial charge in [-0.2, -0.15) is 11.8 Å². The number of halogens is 1. The number of hydrogen-bond acceptors (Lipinski definition) is 4. The van der Waals surface area contributed by atoms with Crippen LogP contribution in [-0.4, -0.2) is 55.8 Å². The molecule has 0 saturated heterocycles. The van der Waals surface area contributed by atoms with Crippen molar-refractivity contribution >= 4 is 47.8 Å². The second kappa shape index (κ2) is 15.2. The second-order valence-electron chi connectivity index (χ2n) is 5.82. The summed E-state index contributed by atoms with van der Waals surface area (Å²) in [5.41, 5.74) is -0.457. The number of nitrogens with one attached hydrogen (secondary N) is 3. The predicted octanol–water partition coefficient (Wildman–Crippen LogP) is 2.83. The molecule has 8 heteroatoms. The Kier molecular flexibility index (Phi) is 16.4. The average Bonchev–Trinajstić information content (AvgIpc) is 2.41. The number of thioether (sulfide) groups is 1. The quantitative estimate of drug-likeness (QED) is 0.214. The van der Waals surface area contributed by atoms with Gasteiger partial charge < -0.3 is 20.7 Å². The van der Waals surface area contributed by atoms with Crippen LogP contribution in [0.2, 0.25) is 0 Å². The number of aliphatic imine (C=N–C) groups is 1. The summed E-state index contributed by atoms with van der Waals surface area (Å²) >= 11 is 1.85. The largest absolute Gasteiger partial charge is 0.444 e. The maximum atomic E-state index is 11.5. The van der Waals surface area contributed by atoms with Gasteiger partial charge in [0.2, 0.25) is 0 Å². The van der Waals surface area contributed by atoms with Crippen molar-refractivity contribution in [2.45, 2.75) is 46.1 Å². The number of carbonyl (C=O) groups excluding carboxylic acids is 1. The number of alkyl carbamates (subject to hydrolysis) is 1. The van der Waals surface area contributed by atoms with E-state index in [0.29, 0.717) is 13.1 Å². The first-order chi connectivity index (χ1) is 10.4. The molecule has 0 bridgehead atoms. The lowest BCUT2D eigenvalue weighted by atomic mass is 10.2. The number of nitrogens with zero attached hydrogens (tertiary/aromatic N) is 1. The normalized spacial score (nSPS) is 11.4. The van der Waals surface area contributed by atoms with Crippen molar-refractivity contribution in [3.8, 4) is 0 Å². The van der Waals surface area contributed by atoms with Gasteiger partial charge in [0.25, 0.3) is 0 Å². The molecule has 3 N–H and O–H groups in total. The van der Waals surface area contributed by atoms with Crippen molar-refractivity contribution in [2.24, 2.45) is 4.99 Å². The maximum absolute atomic E-state index is 11.5. The molecule has 1 amide bonds. The predicted molar refractivity (Wildman–Crippen MR) is 111 cm³/mol. The molecular formula is C15H33IN4O2S. The van der Waals surface area contributed by atoms with E-state index in [-0.39, 0.29) is 30.1 Å². The molecular weight excluding hydrogens is 427 g/mol. The summed E-state index contributed by atoms with van der Waals surface area (Å²) in [7, 11) is 0. The molecule has 0 aliphatic carbocycles. The van der Waals surface area contributed by atoms with Crippen molar-refractivity contribution in [1.82, 2.24) is 16.0 Å². The molecule has 0 atom stereocenters. The minimum Gasteiger partial charge on any atom is -0.444 e. The van der Waals surface area contributed by atoms with Gasteiger partial charge in [0, 0.05) is 26.2 Å². The van der Waals surface area contributed by atoms with Crippen LogP contribution in [0, 0.1) is 0 Å². The van der Waals surface area contributed by atoms with Crippen LogP contribution in [0.3, 0.4) is 0 Å². The van der Waals surface area contributed by atoms with E-state index in [0.717, 1.165) is 37.6 Å². The molecule has 0 rings (SSSR count). The SMILES string of the molecule is CCNC(=NCCCNC(=O)OC(C)(C)C)NCCCSC.I. The topological polar surface area (TPSA) is 74.8 Å². The third kappa shape index (κ3) is 17.8. The third-order valence-corrected chi connectivity index (χ3v) is 3.13. The van der Waals surface area contributed by atoms with Crippen LogP contribution >= 0.6 is 35.7 Å². The maximum Gasteiger partial charge on any atom is 0.407 e. The first-order valence-electron chi connectivity index (χ1n) is 7.87. The van der Waals surface area contributed by atoms with Crippen LogP contribution in [0.1, 0.15) is 40.5 Å². The first kappa shape index (κ1) is 24.9. The molecule has 0 radical (unpaired) electrons. The standard InChI is InChI=1S/C15H32N4O2S.HI/c1-6-16-13(18-11-8-12-22-5)17-9-7-10-19-14(20)21-15(2,3)4;/h6-12H2,1-5H3,(H,19,20)(H2,16,17,18);1H. The third-order valence-electron chi connectivity index (χ3n) is 2.43. The van der Waals surface area contributed by atoms with Crippen LogP contribution in [0.5, 0.6) is 0 Å². The Hall–Kier alpha value is -0.380. The summed E-state index contributed by atoms with van der Waals surface area (Å²) in [5, 5.41) is 9.24. The Balaban J connectivity index is 0. The lowest BCUT2D eigenvalue weighted by molar-refractivity contribution is 0.0527. The minimum absolute atomic E-state index is 0. The minimum atomic E-state index is -0.457. The Morgan fingerprint density at radius 2 is 1.78 bits per heavy atom. The molecule has 0 saturated carbocycles. The summed E-state index contributed by atoms with van der Waals surface area (Å²) < 4.78 is 5.17. The second-order valence-corrected chi connectivity index (χ2v) is 6.80. The number of hydrogen-bond donors (Lipinski definition) is 3. The van der Waals surface area contributed by atoms with E-state index in [4.69, 9.17) is 4.74 Å². The van der Waals surface area contributed by atoms with Crippen molar-refractivity contribution in [1.29, 1.82) is 0 Å². The van der Waals surface area contributed by atoms with Crippen LogP contribution < -0.4 is 16.0 Å². The fourth-order valence-electron chi connectivity index (χ4n) is 1.54. The molecule has 0 aliphatic rings. The van der Waals surface area contributed by atoms with Crippen LogP contribution in [0.15, 0.2) is 4.99 Å². The van der Waals surface area contributed by atoms with Gasteiger partial charge >= 0.3 is 6.09 Å². The van der Waals surface area contributed by atoms with E-state index in [1.54, 1.807) is 0 Å². The summed E-state index contributed by atoms with van der Waals surface area (Å²) in [6.07, 6.45) is 3.63. The lowest BCUT2D eigenvalue weighted by Crippen LogP contribution is -2.38. The van der Waals surface area contributed by atoms with E-state index >= 15 is 0 Å². The van der Waals surface area contributed by atoms with Crippen molar-refractivity contribution in [3.05, 3.63) is 0 Å². The molecule has 0 fully saturated rings. The van der Waals surface area contributed by atoms with Crippen LogP contribution in [0.25, 0.3) is 0 Å². The van der Waals surface area contributed by atoms with Crippen LogP contribution in [0.4, 0.5) is 4.79 Å². The van der Waals surface area contributed by atoms with Gasteiger partial charge in [-0.1, -0.05) is 0 Å². The van der Waals surface area contributed by atoms with E-state index in [2.05, 4.69) is 27.2 Å². The fourth-order valence-corrected chi connectivity index (χ4v) is 1.97. The number of amides is 1. The van der Waals surface area contributed by atoms with Crippen molar-refractivity contribution < 1.29 is 9.53 Å². The van der Waals surface area contributed by atoms with Crippen molar-refractivity contribution in [2.75, 3.05) is 38.2 Å². The molecule has 0 aromatic heterocycles. The molecule has 0 aromatic carbocycles. The Morgan fingerprint density at radius 1 is 1.13 bits per heavy atom. The van der Waals surface area contributed by atoms with E-state index < -0.39 is 5.60 Å². The molecule has 0 aromatic rings. The highest BCUT2D eigenvalue weighted by Crippen LogP contribution is 2.06. The molecule has 0 aliphatic heterocycles. The zero-order chi connectivity index (χ0) is 16.8. The highest BCUT2D eigenvalue weighted by Gasteiger charge is 2.15. The molecule has 0 spiro atoms. The van der Waals surface area contributed by atoms with E-state index in [1.165, 1.54) is 0 Å². The highest BCUT2D eigenvalue weighted by molar-refractivity contribution is 14.0. The van der Waals surface area contributed by atoms with E-state index in [1.807, 2.05) is 39.5 Å². The van der Waals surface area contributed by atoms with Gasteiger partial charge in [0.05, 0.1) is 0 Å². The highest BCUT2D eigenvalue weighted by atomic mass is 127. The lowest BCUT2D eigenvalue weighted by Gasteiger charge is -2.19. The molecule has 6 nitrogen and oxygen atoms in total. The van der Waals surface area contributed by atoms with Gasteiger partial charge in [0.15, 0.2) is 5.96 Å². The van der Waals surface area contributed by atoms with Gasteiger partial charge in [-0.15, -0.1) is 24.0 Å². The summed E-state index contributed by atoms with van der Waals surface area (Å²) in [6.45, 7) is 10.6. The summed E-state index contributed by atoms with van der Waals surface area (Å²) in [5.74, 6) is 1.98. The van der Waals surface area contributed by atoms with Gasteiger partial charge in [0.1, 0.15) is 5.60 Å². The van der Waals surface area contributed by atoms with Gasteiger partial charge in [-0.3, -0.25) is 4.99 Å². The molecule has 0 unspecified atom stereocenters. The van der Waals surface area contributed by atoms with E-state index in [9.17, 15) is 4.79 Å². The van der Waals surface area contributed by atoms with Gasteiger partial charge in [-0.05, 0) is 52.5 Å². The number of rotatable bonds is 9. The Morgan fingerprint density at radius 3 is 2.35 bits per heavy atom. The van der Waals surface area contributed by atoms with Crippen LogP contribution in [-0.2, 0) is 4.74 Å². The smallest absolute Gasteiger partial charge is 0.407 e. The zero-order valence-corrected chi connectivity index (χ0v) is 18.2. The Bertz CT molecular complexity index is 336. The number of ether oxygens (including phenoxy) is 1. The van der Waals surface area contributed by atoms with Crippen molar-refractivity contribution in [3.63, 3.8) is 0 Å². The first-order valence-corrected chi connectivity index (χ1v) is 9.26. The summed E-state index contributed by atoms with van der Waals surface area (Å²) in [6, 6.07) is 0. The Labute approximate surface area is 162 Å². The zero-order valence-electron chi connectivity index (χ0n) is 15.0. The number of guanidine groups is 1. The average molecular weight is 460 g/mol. The molecule has 138 valence electrons. The van der Waals surface area contributed by atoms with Gasteiger partial charge in [-0.25, -0.2) is 4.79 Å². The molecule has 0 heterocycles. The number of carbonyl (C=O) groups is 1. The fraction of sp³-hybridized carbons (Fsp3) is 0.867. The molecule has 23 heavy (non-hydrogen) atoms. The monoisotopic (exact) mass is 460 g/mol. The summed E-state index contributed by atoms with van der Waals surface area (Å²) in [4.78, 5) is 15.9.